The Bertz CT molecular complexity index is 901. The molecule has 0 aliphatic heterocycles. The van der Waals surface area contributed by atoms with Gasteiger partial charge in [0.05, 0.1) is 17.0 Å². The molecule has 3 rings (SSSR count). The molecule has 27 heavy (non-hydrogen) atoms. The molecule has 1 amide bonds. The maximum atomic E-state index is 13.0. The molecule has 7 nitrogen and oxygen atoms in total. The summed E-state index contributed by atoms with van der Waals surface area (Å²) in [6, 6.07) is 7.90. The van der Waals surface area contributed by atoms with Crippen LogP contribution in [0.15, 0.2) is 45.9 Å². The van der Waals surface area contributed by atoms with Gasteiger partial charge in [0.25, 0.3) is 5.91 Å². The summed E-state index contributed by atoms with van der Waals surface area (Å²) in [7, 11) is -1.98. The summed E-state index contributed by atoms with van der Waals surface area (Å²) in [5, 5.41) is 2.70. The van der Waals surface area contributed by atoms with Crippen molar-refractivity contribution in [3.8, 4) is 0 Å². The second-order valence-corrected chi connectivity index (χ2v) is 8.80. The molecule has 2 aromatic rings. The van der Waals surface area contributed by atoms with Crippen LogP contribution in [0.4, 0.5) is 5.69 Å². The Balaban J connectivity index is 1.76. The SMILES string of the molecule is CN(C1CCCCC1)S(=O)(=O)c1cccc(NC(=O)c2coc(CN)c2)c1. The number of carbonyl (C=O) groups is 1. The first-order chi connectivity index (χ1) is 12.9. The summed E-state index contributed by atoms with van der Waals surface area (Å²) in [4.78, 5) is 12.5. The Hall–Kier alpha value is -2.16. The van der Waals surface area contributed by atoms with Gasteiger partial charge < -0.3 is 15.5 Å². The molecule has 0 saturated heterocycles. The van der Waals surface area contributed by atoms with Gasteiger partial charge in [-0.2, -0.15) is 4.31 Å². The molecule has 3 N–H and O–H groups in total. The van der Waals surface area contributed by atoms with Crippen molar-refractivity contribution in [1.82, 2.24) is 4.31 Å². The normalized spacial score (nSPS) is 15.8. The van der Waals surface area contributed by atoms with Gasteiger partial charge in [0.15, 0.2) is 0 Å². The standard InChI is InChI=1S/C19H25N3O4S/c1-22(16-7-3-2-4-8-16)27(24,25)18-9-5-6-15(11-18)21-19(23)14-10-17(12-20)26-13-14/h5-6,9-11,13,16H,2-4,7-8,12,20H2,1H3,(H,21,23). The van der Waals surface area contributed by atoms with Gasteiger partial charge in [-0.1, -0.05) is 25.3 Å². The summed E-state index contributed by atoms with van der Waals surface area (Å²) >= 11 is 0. The number of furan rings is 1. The van der Waals surface area contributed by atoms with E-state index in [1.165, 1.54) is 16.6 Å². The van der Waals surface area contributed by atoms with Crippen LogP contribution in [0.25, 0.3) is 0 Å². The molecule has 1 aliphatic rings. The molecule has 1 aliphatic carbocycles. The summed E-state index contributed by atoms with van der Waals surface area (Å²) in [6.45, 7) is 0.203. The minimum absolute atomic E-state index is 0.0302. The lowest BCUT2D eigenvalue weighted by atomic mass is 9.96. The van der Waals surface area contributed by atoms with E-state index in [0.29, 0.717) is 17.0 Å². The highest BCUT2D eigenvalue weighted by Crippen LogP contribution is 2.27. The van der Waals surface area contributed by atoms with Crippen LogP contribution < -0.4 is 11.1 Å². The minimum atomic E-state index is -3.61. The maximum absolute atomic E-state index is 13.0. The summed E-state index contributed by atoms with van der Waals surface area (Å²) < 4.78 is 32.6. The molecule has 1 aromatic carbocycles. The fourth-order valence-electron chi connectivity index (χ4n) is 3.35. The van der Waals surface area contributed by atoms with Gasteiger partial charge in [0, 0.05) is 18.8 Å². The zero-order valence-corrected chi connectivity index (χ0v) is 16.2. The quantitative estimate of drug-likeness (QED) is 0.787. The lowest BCUT2D eigenvalue weighted by Gasteiger charge is -2.30. The van der Waals surface area contributed by atoms with E-state index in [1.807, 2.05) is 0 Å². The second kappa shape index (κ2) is 8.24. The van der Waals surface area contributed by atoms with Crippen molar-refractivity contribution in [2.45, 2.75) is 49.6 Å². The maximum Gasteiger partial charge on any atom is 0.258 e. The molecule has 1 saturated carbocycles. The van der Waals surface area contributed by atoms with Crippen molar-refractivity contribution in [3.63, 3.8) is 0 Å². The van der Waals surface area contributed by atoms with E-state index in [9.17, 15) is 13.2 Å². The largest absolute Gasteiger partial charge is 0.467 e. The zero-order chi connectivity index (χ0) is 19.4. The van der Waals surface area contributed by atoms with Crippen LogP contribution in [0, 0.1) is 0 Å². The summed E-state index contributed by atoms with van der Waals surface area (Å²) in [5.41, 5.74) is 6.22. The van der Waals surface area contributed by atoms with Crippen molar-refractivity contribution in [2.75, 3.05) is 12.4 Å². The first-order valence-corrected chi connectivity index (χ1v) is 10.5. The Morgan fingerprint density at radius 2 is 2.00 bits per heavy atom. The number of nitrogens with two attached hydrogens (primary N) is 1. The van der Waals surface area contributed by atoms with Crippen LogP contribution in [0.3, 0.4) is 0 Å². The van der Waals surface area contributed by atoms with E-state index in [2.05, 4.69) is 5.32 Å². The lowest BCUT2D eigenvalue weighted by Crippen LogP contribution is -2.38. The van der Waals surface area contributed by atoms with E-state index in [-0.39, 0.29) is 23.4 Å². The number of amides is 1. The molecule has 0 bridgehead atoms. The van der Waals surface area contributed by atoms with Crippen LogP contribution in [0.5, 0.6) is 0 Å². The predicted octanol–water partition coefficient (Wildman–Crippen LogP) is 2.94. The van der Waals surface area contributed by atoms with Crippen LogP contribution in [0.1, 0.15) is 48.2 Å². The molecule has 146 valence electrons. The molecule has 0 atom stereocenters. The number of nitrogens with zero attached hydrogens (tertiary/aromatic N) is 1. The number of hydrogen-bond acceptors (Lipinski definition) is 5. The van der Waals surface area contributed by atoms with Gasteiger partial charge in [-0.25, -0.2) is 8.42 Å². The highest BCUT2D eigenvalue weighted by molar-refractivity contribution is 7.89. The molecule has 1 aromatic heterocycles. The fourth-order valence-corrected chi connectivity index (χ4v) is 4.81. The second-order valence-electron chi connectivity index (χ2n) is 6.80. The van der Waals surface area contributed by atoms with Crippen LogP contribution >= 0.6 is 0 Å². The topological polar surface area (TPSA) is 106 Å². The average Bonchev–Trinajstić information content (AvgIpc) is 3.18. The van der Waals surface area contributed by atoms with Gasteiger partial charge in [-0.15, -0.1) is 0 Å². The first kappa shape index (κ1) is 19.6. The predicted molar refractivity (Wildman–Crippen MR) is 103 cm³/mol. The Labute approximate surface area is 159 Å². The van der Waals surface area contributed by atoms with E-state index in [4.69, 9.17) is 10.2 Å². The number of benzene rings is 1. The van der Waals surface area contributed by atoms with Gasteiger partial charge in [0.2, 0.25) is 10.0 Å². The van der Waals surface area contributed by atoms with Crippen molar-refractivity contribution < 1.29 is 17.6 Å². The Morgan fingerprint density at radius 1 is 1.26 bits per heavy atom. The van der Waals surface area contributed by atoms with E-state index in [1.54, 1.807) is 31.3 Å². The molecule has 0 spiro atoms. The van der Waals surface area contributed by atoms with Gasteiger partial charge >= 0.3 is 0 Å². The van der Waals surface area contributed by atoms with Crippen molar-refractivity contribution in [3.05, 3.63) is 47.9 Å². The van der Waals surface area contributed by atoms with Crippen molar-refractivity contribution >= 4 is 21.6 Å². The Kier molecular flexibility index (Phi) is 5.98. The summed E-state index contributed by atoms with van der Waals surface area (Å²) in [5.74, 6) is 0.124. The smallest absolute Gasteiger partial charge is 0.258 e. The molecule has 1 heterocycles. The number of carbonyl (C=O) groups excluding carboxylic acids is 1. The molecule has 0 radical (unpaired) electrons. The van der Waals surface area contributed by atoms with Crippen LogP contribution in [0.2, 0.25) is 0 Å². The van der Waals surface area contributed by atoms with E-state index in [0.717, 1.165) is 32.1 Å². The highest BCUT2D eigenvalue weighted by atomic mass is 32.2. The molecular weight excluding hydrogens is 366 g/mol. The third-order valence-corrected chi connectivity index (χ3v) is 6.88. The van der Waals surface area contributed by atoms with E-state index >= 15 is 0 Å². The molecule has 8 heteroatoms. The zero-order valence-electron chi connectivity index (χ0n) is 15.3. The van der Waals surface area contributed by atoms with Gasteiger partial charge in [-0.05, 0) is 37.1 Å². The number of anilines is 1. The third-order valence-electron chi connectivity index (χ3n) is 4.97. The Morgan fingerprint density at radius 3 is 2.67 bits per heavy atom. The number of rotatable bonds is 6. The number of nitrogens with one attached hydrogen (secondary N) is 1. The lowest BCUT2D eigenvalue weighted by molar-refractivity contribution is 0.102. The number of sulfonamides is 1. The molecule has 0 unspecified atom stereocenters. The minimum Gasteiger partial charge on any atom is -0.467 e. The van der Waals surface area contributed by atoms with Gasteiger partial charge in [-0.3, -0.25) is 4.79 Å². The highest BCUT2D eigenvalue weighted by Gasteiger charge is 2.29. The molecule has 1 fully saturated rings. The van der Waals surface area contributed by atoms with E-state index < -0.39 is 10.0 Å². The number of hydrogen-bond donors (Lipinski definition) is 2. The monoisotopic (exact) mass is 391 g/mol. The molecular formula is C19H25N3O4S. The summed E-state index contributed by atoms with van der Waals surface area (Å²) in [6.07, 6.45) is 6.36. The van der Waals surface area contributed by atoms with Crippen LogP contribution in [-0.4, -0.2) is 31.7 Å². The third kappa shape index (κ3) is 4.40. The van der Waals surface area contributed by atoms with Crippen molar-refractivity contribution in [1.29, 1.82) is 0 Å². The first-order valence-electron chi connectivity index (χ1n) is 9.09. The van der Waals surface area contributed by atoms with Crippen LogP contribution in [-0.2, 0) is 16.6 Å². The average molecular weight is 391 g/mol. The fraction of sp³-hybridized carbons (Fsp3) is 0.421. The van der Waals surface area contributed by atoms with Crippen molar-refractivity contribution in [2.24, 2.45) is 5.73 Å². The van der Waals surface area contributed by atoms with Gasteiger partial charge in [0.1, 0.15) is 12.0 Å².